The lowest BCUT2D eigenvalue weighted by molar-refractivity contribution is -0.135. The van der Waals surface area contributed by atoms with Crippen LogP contribution in [0, 0.1) is 0 Å². The number of ether oxygens (including phenoxy) is 2. The van der Waals surface area contributed by atoms with Gasteiger partial charge >= 0.3 is 10.1 Å². The van der Waals surface area contributed by atoms with Crippen molar-refractivity contribution in [1.29, 1.82) is 0 Å². The van der Waals surface area contributed by atoms with Crippen LogP contribution >= 0.6 is 11.6 Å². The van der Waals surface area contributed by atoms with E-state index in [1.165, 1.54) is 0 Å². The Morgan fingerprint density at radius 1 is 1.13 bits per heavy atom. The van der Waals surface area contributed by atoms with Gasteiger partial charge in [-0.25, -0.2) is 0 Å². The first-order valence-electron chi connectivity index (χ1n) is 9.55. The van der Waals surface area contributed by atoms with E-state index in [4.69, 9.17) is 25.3 Å². The fourth-order valence-corrected chi connectivity index (χ4v) is 3.69. The summed E-state index contributed by atoms with van der Waals surface area (Å²) in [5, 5.41) is 0.594. The first kappa shape index (κ1) is 22.4. The molecule has 1 amide bonds. The van der Waals surface area contributed by atoms with Gasteiger partial charge in [-0.15, -0.1) is 0 Å². The molecule has 1 aliphatic rings. The Morgan fingerprint density at radius 2 is 1.80 bits per heavy atom. The Balaban J connectivity index is 1.65. The second kappa shape index (κ2) is 10.1. The van der Waals surface area contributed by atoms with Crippen molar-refractivity contribution in [3.05, 3.63) is 59.1 Å². The third-order valence-electron chi connectivity index (χ3n) is 4.52. The molecule has 1 fully saturated rings. The highest BCUT2D eigenvalue weighted by molar-refractivity contribution is 7.86. The normalized spacial score (nSPS) is 16.3. The molecule has 0 unspecified atom stereocenters. The van der Waals surface area contributed by atoms with Gasteiger partial charge in [-0.3, -0.25) is 4.79 Å². The Labute approximate surface area is 181 Å². The summed E-state index contributed by atoms with van der Waals surface area (Å²) in [6.07, 6.45) is 2.87. The van der Waals surface area contributed by atoms with Crippen LogP contribution < -0.4 is 8.92 Å². The van der Waals surface area contributed by atoms with Crippen LogP contribution in [-0.4, -0.2) is 51.3 Å². The third kappa shape index (κ3) is 7.19. The van der Waals surface area contributed by atoms with Crippen molar-refractivity contribution in [3.63, 3.8) is 0 Å². The van der Waals surface area contributed by atoms with Gasteiger partial charge in [-0.1, -0.05) is 23.7 Å². The number of halogens is 1. The number of carbonyl (C=O) groups is 1. The van der Waals surface area contributed by atoms with Crippen molar-refractivity contribution in [2.24, 2.45) is 0 Å². The van der Waals surface area contributed by atoms with Crippen molar-refractivity contribution in [3.8, 4) is 11.5 Å². The number of hydrogen-bond acceptors (Lipinski definition) is 6. The molecule has 1 aliphatic heterocycles. The van der Waals surface area contributed by atoms with Crippen molar-refractivity contribution >= 4 is 27.6 Å². The standard InChI is InChI=1S/C21H24ClNO6S/c1-30(25,26)29-19-8-4-16(5-9-19)13-23(14-20-3-2-12-27-20)21(24)15-28-18-10-6-17(22)7-11-18/h4-11,20H,2-3,12-15H2,1H3/t20-/m1/s1. The lowest BCUT2D eigenvalue weighted by Gasteiger charge is -2.26. The van der Waals surface area contributed by atoms with Crippen LogP contribution in [0.25, 0.3) is 0 Å². The van der Waals surface area contributed by atoms with Gasteiger partial charge in [0.25, 0.3) is 5.91 Å². The topological polar surface area (TPSA) is 82.1 Å². The first-order chi connectivity index (χ1) is 14.3. The van der Waals surface area contributed by atoms with Gasteiger partial charge in [0, 0.05) is 24.7 Å². The van der Waals surface area contributed by atoms with Crippen LogP contribution in [-0.2, 0) is 26.2 Å². The fourth-order valence-electron chi connectivity index (χ4n) is 3.10. The van der Waals surface area contributed by atoms with Gasteiger partial charge in [-0.05, 0) is 54.8 Å². The van der Waals surface area contributed by atoms with Crippen molar-refractivity contribution in [1.82, 2.24) is 4.90 Å². The summed E-state index contributed by atoms with van der Waals surface area (Å²) in [6, 6.07) is 13.4. The molecule has 1 heterocycles. The molecule has 0 radical (unpaired) electrons. The van der Waals surface area contributed by atoms with E-state index in [1.54, 1.807) is 53.4 Å². The van der Waals surface area contributed by atoms with Crippen LogP contribution in [0.3, 0.4) is 0 Å². The second-order valence-corrected chi connectivity index (χ2v) is 9.09. The highest BCUT2D eigenvalue weighted by Crippen LogP contribution is 2.19. The summed E-state index contributed by atoms with van der Waals surface area (Å²) < 4.78 is 38.6. The summed E-state index contributed by atoms with van der Waals surface area (Å²) in [5.74, 6) is 0.619. The van der Waals surface area contributed by atoms with E-state index < -0.39 is 10.1 Å². The summed E-state index contributed by atoms with van der Waals surface area (Å²) in [7, 11) is -3.58. The second-order valence-electron chi connectivity index (χ2n) is 7.08. The van der Waals surface area contributed by atoms with E-state index in [9.17, 15) is 13.2 Å². The number of nitrogens with zero attached hydrogens (tertiary/aromatic N) is 1. The molecule has 162 valence electrons. The molecular weight excluding hydrogens is 430 g/mol. The smallest absolute Gasteiger partial charge is 0.306 e. The first-order valence-corrected chi connectivity index (χ1v) is 11.7. The molecule has 2 aromatic carbocycles. The minimum atomic E-state index is -3.58. The Kier molecular flexibility index (Phi) is 7.58. The summed E-state index contributed by atoms with van der Waals surface area (Å²) in [4.78, 5) is 14.5. The van der Waals surface area contributed by atoms with E-state index >= 15 is 0 Å². The molecule has 1 atom stereocenters. The summed E-state index contributed by atoms with van der Waals surface area (Å²) in [5.41, 5.74) is 0.841. The molecule has 0 N–H and O–H groups in total. The maximum Gasteiger partial charge on any atom is 0.306 e. The molecule has 0 spiro atoms. The van der Waals surface area contributed by atoms with Crippen molar-refractivity contribution in [2.75, 3.05) is 26.0 Å². The molecule has 0 saturated carbocycles. The molecule has 0 bridgehead atoms. The quantitative estimate of drug-likeness (QED) is 0.542. The minimum absolute atomic E-state index is 0.00248. The number of amides is 1. The molecule has 7 nitrogen and oxygen atoms in total. The number of rotatable bonds is 9. The molecule has 0 aromatic heterocycles. The van der Waals surface area contributed by atoms with E-state index in [1.807, 2.05) is 0 Å². The zero-order valence-corrected chi connectivity index (χ0v) is 18.2. The predicted octanol–water partition coefficient (Wildman–Crippen LogP) is 3.27. The van der Waals surface area contributed by atoms with Gasteiger partial charge < -0.3 is 18.6 Å². The Hall–Kier alpha value is -2.29. The van der Waals surface area contributed by atoms with E-state index in [0.29, 0.717) is 30.5 Å². The van der Waals surface area contributed by atoms with Gasteiger partial charge in [0.05, 0.1) is 12.4 Å². The zero-order chi connectivity index (χ0) is 21.6. The van der Waals surface area contributed by atoms with Gasteiger partial charge in [-0.2, -0.15) is 8.42 Å². The lowest BCUT2D eigenvalue weighted by Crippen LogP contribution is -2.39. The maximum absolute atomic E-state index is 12.8. The minimum Gasteiger partial charge on any atom is -0.484 e. The maximum atomic E-state index is 12.8. The number of hydrogen-bond donors (Lipinski definition) is 0. The number of carbonyl (C=O) groups excluding carboxylic acids is 1. The third-order valence-corrected chi connectivity index (χ3v) is 5.27. The van der Waals surface area contributed by atoms with E-state index in [0.717, 1.165) is 24.7 Å². The highest BCUT2D eigenvalue weighted by atomic mass is 35.5. The lowest BCUT2D eigenvalue weighted by atomic mass is 10.1. The Morgan fingerprint density at radius 3 is 2.40 bits per heavy atom. The van der Waals surface area contributed by atoms with Crippen molar-refractivity contribution in [2.45, 2.75) is 25.5 Å². The predicted molar refractivity (Wildman–Crippen MR) is 113 cm³/mol. The van der Waals surface area contributed by atoms with Crippen LogP contribution in [0.15, 0.2) is 48.5 Å². The van der Waals surface area contributed by atoms with Crippen molar-refractivity contribution < 1.29 is 26.9 Å². The molecule has 2 aromatic rings. The average molecular weight is 454 g/mol. The zero-order valence-electron chi connectivity index (χ0n) is 16.6. The molecule has 1 saturated heterocycles. The summed E-state index contributed by atoms with van der Waals surface area (Å²) in [6.45, 7) is 1.40. The molecule has 3 rings (SSSR count). The van der Waals surface area contributed by atoms with Crippen LogP contribution in [0.1, 0.15) is 18.4 Å². The average Bonchev–Trinajstić information content (AvgIpc) is 3.20. The van der Waals surface area contributed by atoms with Gasteiger partial charge in [0.15, 0.2) is 6.61 Å². The molecular formula is C21H24ClNO6S. The fraction of sp³-hybridized carbons (Fsp3) is 0.381. The summed E-state index contributed by atoms with van der Waals surface area (Å²) >= 11 is 5.87. The highest BCUT2D eigenvalue weighted by Gasteiger charge is 2.23. The van der Waals surface area contributed by atoms with Crippen LogP contribution in [0.5, 0.6) is 11.5 Å². The SMILES string of the molecule is CS(=O)(=O)Oc1ccc(CN(C[C@H]2CCCO2)C(=O)COc2ccc(Cl)cc2)cc1. The number of benzene rings is 2. The Bertz CT molecular complexity index is 940. The van der Waals surface area contributed by atoms with E-state index in [2.05, 4.69) is 0 Å². The largest absolute Gasteiger partial charge is 0.484 e. The van der Waals surface area contributed by atoms with E-state index in [-0.39, 0.29) is 24.4 Å². The molecule has 9 heteroatoms. The molecule has 30 heavy (non-hydrogen) atoms. The monoisotopic (exact) mass is 453 g/mol. The van der Waals surface area contributed by atoms with Gasteiger partial charge in [0.2, 0.25) is 0 Å². The van der Waals surface area contributed by atoms with Crippen LogP contribution in [0.2, 0.25) is 5.02 Å². The molecule has 0 aliphatic carbocycles. The van der Waals surface area contributed by atoms with Gasteiger partial charge in [0.1, 0.15) is 11.5 Å². The van der Waals surface area contributed by atoms with Crippen LogP contribution in [0.4, 0.5) is 0 Å².